The maximum absolute atomic E-state index is 12.5. The van der Waals surface area contributed by atoms with E-state index in [0.29, 0.717) is 17.5 Å². The third-order valence-electron chi connectivity index (χ3n) is 4.00. The van der Waals surface area contributed by atoms with Crippen LogP contribution in [0.5, 0.6) is 11.5 Å². The molecule has 138 valence electrons. The van der Waals surface area contributed by atoms with E-state index in [9.17, 15) is 4.79 Å². The molecule has 1 aliphatic heterocycles. The number of para-hydroxylation sites is 1. The van der Waals surface area contributed by atoms with Gasteiger partial charge in [0.15, 0.2) is 11.5 Å². The zero-order valence-electron chi connectivity index (χ0n) is 14.5. The largest absolute Gasteiger partial charge is 0.454 e. The summed E-state index contributed by atoms with van der Waals surface area (Å²) in [4.78, 5) is 12.5. The summed E-state index contributed by atoms with van der Waals surface area (Å²) < 4.78 is 12.3. The summed E-state index contributed by atoms with van der Waals surface area (Å²) in [6, 6.07) is 15.2. The highest BCUT2D eigenvalue weighted by Crippen LogP contribution is 2.32. The van der Waals surface area contributed by atoms with Crippen LogP contribution in [0.15, 0.2) is 53.7 Å². The minimum absolute atomic E-state index is 0.0970. The number of carbonyl (C=O) groups is 1. The van der Waals surface area contributed by atoms with Crippen molar-refractivity contribution in [1.29, 1.82) is 0 Å². The van der Waals surface area contributed by atoms with E-state index in [4.69, 9.17) is 9.47 Å². The minimum Gasteiger partial charge on any atom is -0.454 e. The van der Waals surface area contributed by atoms with Gasteiger partial charge in [0.2, 0.25) is 17.9 Å². The molecule has 9 heteroatoms. The molecule has 1 amide bonds. The number of carbonyl (C=O) groups excluding carboxylic acids is 1. The number of amides is 1. The summed E-state index contributed by atoms with van der Waals surface area (Å²) in [5.41, 5.74) is 1.79. The lowest BCUT2D eigenvalue weighted by molar-refractivity contribution is -0.120. The third kappa shape index (κ3) is 3.87. The molecule has 0 saturated heterocycles. The molecule has 3 aromatic rings. The van der Waals surface area contributed by atoms with Gasteiger partial charge in [0.1, 0.15) is 0 Å². The van der Waals surface area contributed by atoms with Gasteiger partial charge in [0.25, 0.3) is 0 Å². The quantitative estimate of drug-likeness (QED) is 0.653. The monoisotopic (exact) mass is 383 g/mol. The molecular weight excluding hydrogens is 366 g/mol. The topological polar surface area (TPSA) is 91.2 Å². The average Bonchev–Trinajstić information content (AvgIpc) is 3.35. The van der Waals surface area contributed by atoms with Crippen LogP contribution >= 0.6 is 11.8 Å². The molecule has 4 rings (SSSR count). The Kier molecular flexibility index (Phi) is 4.93. The van der Waals surface area contributed by atoms with Crippen molar-refractivity contribution in [1.82, 2.24) is 25.5 Å². The molecule has 8 nitrogen and oxygen atoms in total. The van der Waals surface area contributed by atoms with Gasteiger partial charge in [-0.05, 0) is 47.2 Å². The molecule has 0 spiro atoms. The first-order chi connectivity index (χ1) is 13.2. The van der Waals surface area contributed by atoms with E-state index in [1.807, 2.05) is 55.5 Å². The summed E-state index contributed by atoms with van der Waals surface area (Å²) in [6.45, 7) is 2.46. The zero-order chi connectivity index (χ0) is 18.6. The van der Waals surface area contributed by atoms with Crippen LogP contribution in [0.2, 0.25) is 0 Å². The molecule has 0 fully saturated rings. The number of nitrogens with one attached hydrogen (secondary N) is 1. The second-order valence-electron chi connectivity index (χ2n) is 5.87. The Morgan fingerprint density at radius 3 is 2.89 bits per heavy atom. The van der Waals surface area contributed by atoms with E-state index < -0.39 is 0 Å². The molecule has 0 radical (unpaired) electrons. The van der Waals surface area contributed by atoms with E-state index in [1.54, 1.807) is 4.68 Å². The molecule has 0 unspecified atom stereocenters. The van der Waals surface area contributed by atoms with Gasteiger partial charge in [-0.15, -0.1) is 5.10 Å². The highest BCUT2D eigenvalue weighted by molar-refractivity contribution is 8.00. The van der Waals surface area contributed by atoms with Crippen molar-refractivity contribution >= 4 is 17.7 Å². The predicted octanol–water partition coefficient (Wildman–Crippen LogP) is 2.19. The first kappa shape index (κ1) is 17.3. The number of aromatic nitrogens is 4. The lowest BCUT2D eigenvalue weighted by Gasteiger charge is -2.12. The van der Waals surface area contributed by atoms with E-state index in [-0.39, 0.29) is 18.0 Å². The Morgan fingerprint density at radius 2 is 2.04 bits per heavy atom. The fourth-order valence-corrected chi connectivity index (χ4v) is 3.41. The summed E-state index contributed by atoms with van der Waals surface area (Å²) in [5, 5.41) is 14.9. The average molecular weight is 383 g/mol. The molecule has 0 saturated carbocycles. The van der Waals surface area contributed by atoms with Gasteiger partial charge in [0.05, 0.1) is 10.9 Å². The molecule has 1 N–H and O–H groups in total. The Labute approximate surface area is 159 Å². The summed E-state index contributed by atoms with van der Waals surface area (Å²) in [6.07, 6.45) is 0. The Bertz CT molecular complexity index is 947. The molecule has 1 aromatic heterocycles. The number of fused-ring (bicyclic) bond motifs is 1. The minimum atomic E-state index is -0.354. The van der Waals surface area contributed by atoms with E-state index in [2.05, 4.69) is 20.8 Å². The van der Waals surface area contributed by atoms with Gasteiger partial charge in [0, 0.05) is 6.54 Å². The smallest absolute Gasteiger partial charge is 0.233 e. The number of nitrogens with zero attached hydrogens (tertiary/aromatic N) is 4. The predicted molar refractivity (Wildman–Crippen MR) is 98.9 cm³/mol. The van der Waals surface area contributed by atoms with Crippen molar-refractivity contribution in [3.63, 3.8) is 0 Å². The van der Waals surface area contributed by atoms with Crippen LogP contribution < -0.4 is 14.8 Å². The van der Waals surface area contributed by atoms with Crippen molar-refractivity contribution < 1.29 is 14.3 Å². The molecule has 0 bridgehead atoms. The number of tetrazole rings is 1. The van der Waals surface area contributed by atoms with Gasteiger partial charge in [-0.1, -0.05) is 36.0 Å². The standard InChI is InChI=1S/C18H17N5O3S/c1-12(27-18-20-21-22-23(18)14-5-3-2-4-6-14)17(24)19-10-13-7-8-15-16(9-13)26-11-25-15/h2-9,12H,10-11H2,1H3,(H,19,24)/t12-/m1/s1. The zero-order valence-corrected chi connectivity index (χ0v) is 15.3. The number of benzene rings is 2. The second kappa shape index (κ2) is 7.67. The fourth-order valence-electron chi connectivity index (χ4n) is 2.58. The molecule has 1 aliphatic rings. The van der Waals surface area contributed by atoms with Crippen molar-refractivity contribution in [3.05, 3.63) is 54.1 Å². The van der Waals surface area contributed by atoms with Gasteiger partial charge in [-0.2, -0.15) is 4.68 Å². The second-order valence-corrected chi connectivity index (χ2v) is 7.18. The maximum Gasteiger partial charge on any atom is 0.233 e. The lowest BCUT2D eigenvalue weighted by atomic mass is 10.2. The van der Waals surface area contributed by atoms with E-state index in [1.165, 1.54) is 11.8 Å². The van der Waals surface area contributed by atoms with Gasteiger partial charge in [-0.3, -0.25) is 4.79 Å². The normalized spacial score (nSPS) is 13.4. The third-order valence-corrected chi connectivity index (χ3v) is 5.03. The molecular formula is C18H17N5O3S. The van der Waals surface area contributed by atoms with Gasteiger partial charge < -0.3 is 14.8 Å². The molecule has 1 atom stereocenters. The Morgan fingerprint density at radius 1 is 1.22 bits per heavy atom. The van der Waals surface area contributed by atoms with Crippen molar-refractivity contribution in [2.75, 3.05) is 6.79 Å². The summed E-state index contributed by atoms with van der Waals surface area (Å²) in [5.74, 6) is 1.33. The van der Waals surface area contributed by atoms with E-state index in [0.717, 1.165) is 17.0 Å². The Hall–Kier alpha value is -3.07. The van der Waals surface area contributed by atoms with Gasteiger partial charge >= 0.3 is 0 Å². The van der Waals surface area contributed by atoms with Crippen LogP contribution in [0.25, 0.3) is 5.69 Å². The summed E-state index contributed by atoms with van der Waals surface area (Å²) in [7, 11) is 0. The van der Waals surface area contributed by atoms with Crippen LogP contribution in [-0.4, -0.2) is 38.2 Å². The Balaban J connectivity index is 1.37. The van der Waals surface area contributed by atoms with Crippen LogP contribution in [0.3, 0.4) is 0 Å². The lowest BCUT2D eigenvalue weighted by Crippen LogP contribution is -2.30. The number of rotatable bonds is 6. The highest BCUT2D eigenvalue weighted by atomic mass is 32.2. The SMILES string of the molecule is C[C@@H](Sc1nnnn1-c1ccccc1)C(=O)NCc1ccc2c(c1)OCO2. The maximum atomic E-state index is 12.5. The number of hydrogen-bond donors (Lipinski definition) is 1. The van der Waals surface area contributed by atoms with Crippen LogP contribution in [0.1, 0.15) is 12.5 Å². The van der Waals surface area contributed by atoms with Crippen LogP contribution in [0, 0.1) is 0 Å². The molecule has 2 heterocycles. The van der Waals surface area contributed by atoms with Crippen LogP contribution in [-0.2, 0) is 11.3 Å². The first-order valence-corrected chi connectivity index (χ1v) is 9.25. The summed E-state index contributed by atoms with van der Waals surface area (Å²) >= 11 is 1.31. The molecule has 27 heavy (non-hydrogen) atoms. The molecule has 0 aliphatic carbocycles. The molecule has 2 aromatic carbocycles. The van der Waals surface area contributed by atoms with Crippen molar-refractivity contribution in [2.24, 2.45) is 0 Å². The number of thioether (sulfide) groups is 1. The highest BCUT2D eigenvalue weighted by Gasteiger charge is 2.19. The number of hydrogen-bond acceptors (Lipinski definition) is 7. The van der Waals surface area contributed by atoms with Crippen molar-refractivity contribution in [2.45, 2.75) is 23.9 Å². The van der Waals surface area contributed by atoms with Crippen molar-refractivity contribution in [3.8, 4) is 17.2 Å². The number of ether oxygens (including phenoxy) is 2. The van der Waals surface area contributed by atoms with Crippen LogP contribution in [0.4, 0.5) is 0 Å². The fraction of sp³-hybridized carbons (Fsp3) is 0.222. The van der Waals surface area contributed by atoms with E-state index >= 15 is 0 Å². The first-order valence-electron chi connectivity index (χ1n) is 8.37. The van der Waals surface area contributed by atoms with Gasteiger partial charge in [-0.25, -0.2) is 0 Å².